The van der Waals surface area contributed by atoms with E-state index in [1.807, 2.05) is 24.5 Å². The number of fused-ring (bicyclic) bond motifs is 1. The molecular weight excluding hydrogens is 402 g/mol. The Kier molecular flexibility index (Phi) is 5.71. The minimum atomic E-state index is 0.165. The molecule has 0 radical (unpaired) electrons. The summed E-state index contributed by atoms with van der Waals surface area (Å²) in [7, 11) is 0. The molecule has 0 amide bonds. The van der Waals surface area contributed by atoms with E-state index in [4.69, 9.17) is 14.7 Å². The van der Waals surface area contributed by atoms with Gasteiger partial charge in [0.2, 0.25) is 0 Å². The highest BCUT2D eigenvalue weighted by Gasteiger charge is 2.31. The van der Waals surface area contributed by atoms with Crippen LogP contribution in [0, 0.1) is 0 Å². The van der Waals surface area contributed by atoms with Crippen LogP contribution in [0.5, 0.6) is 0 Å². The van der Waals surface area contributed by atoms with Crippen LogP contribution in [0.4, 0.5) is 11.6 Å². The van der Waals surface area contributed by atoms with Crippen LogP contribution in [0.3, 0.4) is 0 Å². The molecule has 0 N–H and O–H groups in total. The number of benzene rings is 1. The first-order chi connectivity index (χ1) is 15.5. The van der Waals surface area contributed by atoms with Crippen molar-refractivity contribution >= 4 is 22.7 Å². The molecule has 2 aromatic heterocycles. The minimum Gasteiger partial charge on any atom is -0.372 e. The van der Waals surface area contributed by atoms with Gasteiger partial charge >= 0.3 is 0 Å². The average molecular weight is 436 g/mol. The van der Waals surface area contributed by atoms with E-state index in [1.165, 1.54) is 0 Å². The van der Waals surface area contributed by atoms with Gasteiger partial charge in [0.25, 0.3) is 0 Å². The Labute approximate surface area is 189 Å². The van der Waals surface area contributed by atoms with Crippen LogP contribution in [-0.4, -0.2) is 63.1 Å². The third-order valence-corrected chi connectivity index (χ3v) is 6.50. The number of ether oxygens (including phenoxy) is 1. The molecule has 0 spiro atoms. The summed E-state index contributed by atoms with van der Waals surface area (Å²) in [6.45, 7) is 12.1. The van der Waals surface area contributed by atoms with Crippen molar-refractivity contribution in [3.8, 4) is 0 Å². The van der Waals surface area contributed by atoms with Crippen LogP contribution < -0.4 is 9.80 Å². The molecule has 8 heteroatoms. The maximum absolute atomic E-state index is 5.99. The van der Waals surface area contributed by atoms with Gasteiger partial charge in [0, 0.05) is 38.1 Å². The molecule has 4 heterocycles. The highest BCUT2D eigenvalue weighted by atomic mass is 16.5. The second-order valence-electron chi connectivity index (χ2n) is 9.50. The van der Waals surface area contributed by atoms with Gasteiger partial charge in [0.1, 0.15) is 12.2 Å². The zero-order chi connectivity index (χ0) is 22.2. The molecule has 0 aliphatic carbocycles. The third kappa shape index (κ3) is 4.03. The minimum absolute atomic E-state index is 0.165. The van der Waals surface area contributed by atoms with Crippen molar-refractivity contribution in [3.63, 3.8) is 0 Å². The average Bonchev–Trinajstić information content (AvgIpc) is 3.28. The zero-order valence-corrected chi connectivity index (χ0v) is 19.5. The highest BCUT2D eigenvalue weighted by molar-refractivity contribution is 5.81. The Bertz CT molecular complexity index is 1070. The van der Waals surface area contributed by atoms with E-state index in [2.05, 4.69) is 58.3 Å². The molecule has 8 nitrogen and oxygen atoms in total. The smallest absolute Gasteiger partial charge is 0.172 e. The molecule has 2 saturated heterocycles. The van der Waals surface area contributed by atoms with Gasteiger partial charge in [0.05, 0.1) is 23.2 Å². The predicted molar refractivity (Wildman–Crippen MR) is 126 cm³/mol. The highest BCUT2D eigenvalue weighted by Crippen LogP contribution is 2.35. The Hall–Kier alpha value is -2.74. The first-order valence-corrected chi connectivity index (χ1v) is 11.8. The van der Waals surface area contributed by atoms with Gasteiger partial charge in [-0.1, -0.05) is 12.1 Å². The topological polar surface area (TPSA) is 72.2 Å². The molecule has 0 saturated carbocycles. The molecule has 3 atom stereocenters. The standard InChI is InChI=1S/C24H33N7O/c1-16(2)31-15-25-28-22(31)19-8-7-11-29(14-19)23-24(30-12-17(3)32-18(4)13-30)27-21-10-6-5-9-20(21)26-23/h5-6,9-10,15-19H,7-8,11-14H2,1-4H3. The Morgan fingerprint density at radius 2 is 1.59 bits per heavy atom. The third-order valence-electron chi connectivity index (χ3n) is 6.50. The van der Waals surface area contributed by atoms with Crippen LogP contribution >= 0.6 is 0 Å². The van der Waals surface area contributed by atoms with Gasteiger partial charge in [-0.2, -0.15) is 0 Å². The Morgan fingerprint density at radius 1 is 0.938 bits per heavy atom. The second-order valence-corrected chi connectivity index (χ2v) is 9.50. The lowest BCUT2D eigenvalue weighted by atomic mass is 9.96. The van der Waals surface area contributed by atoms with Crippen LogP contribution in [0.15, 0.2) is 30.6 Å². The number of piperidine rings is 1. The largest absolute Gasteiger partial charge is 0.372 e. The lowest BCUT2D eigenvalue weighted by Crippen LogP contribution is -2.47. The van der Waals surface area contributed by atoms with Crippen molar-refractivity contribution in [1.29, 1.82) is 0 Å². The summed E-state index contributed by atoms with van der Waals surface area (Å²) in [6, 6.07) is 8.51. The molecule has 32 heavy (non-hydrogen) atoms. The van der Waals surface area contributed by atoms with Crippen molar-refractivity contribution in [2.45, 2.75) is 64.7 Å². The zero-order valence-electron chi connectivity index (χ0n) is 19.5. The van der Waals surface area contributed by atoms with Crippen molar-refractivity contribution in [1.82, 2.24) is 24.7 Å². The molecule has 2 fully saturated rings. The quantitative estimate of drug-likeness (QED) is 0.617. The first kappa shape index (κ1) is 21.1. The monoisotopic (exact) mass is 435 g/mol. The second kappa shape index (κ2) is 8.65. The summed E-state index contributed by atoms with van der Waals surface area (Å²) in [5.74, 6) is 3.35. The fraction of sp³-hybridized carbons (Fsp3) is 0.583. The molecule has 5 rings (SSSR count). The fourth-order valence-electron chi connectivity index (χ4n) is 5.08. The first-order valence-electron chi connectivity index (χ1n) is 11.8. The summed E-state index contributed by atoms with van der Waals surface area (Å²) in [4.78, 5) is 15.0. The lowest BCUT2D eigenvalue weighted by Gasteiger charge is -2.39. The van der Waals surface area contributed by atoms with E-state index >= 15 is 0 Å². The molecule has 2 aliphatic heterocycles. The predicted octanol–water partition coefficient (Wildman–Crippen LogP) is 3.80. The normalized spacial score (nSPS) is 24.5. The number of morpholine rings is 1. The summed E-state index contributed by atoms with van der Waals surface area (Å²) >= 11 is 0. The maximum atomic E-state index is 5.99. The van der Waals surface area contributed by atoms with E-state index in [0.29, 0.717) is 12.0 Å². The number of anilines is 2. The van der Waals surface area contributed by atoms with Gasteiger partial charge in [-0.15, -0.1) is 10.2 Å². The van der Waals surface area contributed by atoms with Crippen molar-refractivity contribution in [3.05, 3.63) is 36.4 Å². The van der Waals surface area contributed by atoms with Crippen LogP contribution in [0.2, 0.25) is 0 Å². The Balaban J connectivity index is 1.52. The number of para-hydroxylation sites is 2. The number of hydrogen-bond acceptors (Lipinski definition) is 7. The summed E-state index contributed by atoms with van der Waals surface area (Å²) < 4.78 is 8.19. The van der Waals surface area contributed by atoms with Gasteiger partial charge in [-0.05, 0) is 52.7 Å². The Morgan fingerprint density at radius 3 is 2.25 bits per heavy atom. The SMILES string of the molecule is CC1CN(c2nc3ccccc3nc2N2CCCC(c3nncn3C(C)C)C2)CC(C)O1. The van der Waals surface area contributed by atoms with Crippen molar-refractivity contribution in [2.24, 2.45) is 0 Å². The molecule has 170 valence electrons. The number of rotatable bonds is 4. The van der Waals surface area contributed by atoms with Crippen molar-refractivity contribution in [2.75, 3.05) is 36.0 Å². The van der Waals surface area contributed by atoms with Gasteiger partial charge < -0.3 is 19.1 Å². The molecule has 0 bridgehead atoms. The molecule has 1 aromatic carbocycles. The van der Waals surface area contributed by atoms with Crippen molar-refractivity contribution < 1.29 is 4.74 Å². The molecule has 3 aromatic rings. The lowest BCUT2D eigenvalue weighted by molar-refractivity contribution is -0.00543. The maximum Gasteiger partial charge on any atom is 0.172 e. The van der Waals surface area contributed by atoms with Crippen LogP contribution in [-0.2, 0) is 4.74 Å². The van der Waals surface area contributed by atoms with E-state index < -0.39 is 0 Å². The van der Waals surface area contributed by atoms with Gasteiger partial charge in [-0.25, -0.2) is 9.97 Å². The number of nitrogens with zero attached hydrogens (tertiary/aromatic N) is 7. The van der Waals surface area contributed by atoms with E-state index in [1.54, 1.807) is 0 Å². The van der Waals surface area contributed by atoms with Gasteiger partial charge in [0.15, 0.2) is 11.6 Å². The molecule has 3 unspecified atom stereocenters. The van der Waals surface area contributed by atoms with Crippen LogP contribution in [0.25, 0.3) is 11.0 Å². The fourth-order valence-corrected chi connectivity index (χ4v) is 5.08. The summed E-state index contributed by atoms with van der Waals surface area (Å²) in [5, 5.41) is 8.70. The number of hydrogen-bond donors (Lipinski definition) is 0. The summed E-state index contributed by atoms with van der Waals surface area (Å²) in [5.41, 5.74) is 1.87. The van der Waals surface area contributed by atoms with E-state index in [9.17, 15) is 0 Å². The summed E-state index contributed by atoms with van der Waals surface area (Å²) in [6.07, 6.45) is 4.40. The van der Waals surface area contributed by atoms with E-state index in [0.717, 1.165) is 67.5 Å². The number of aromatic nitrogens is 5. The van der Waals surface area contributed by atoms with Crippen LogP contribution in [0.1, 0.15) is 58.3 Å². The molecule has 2 aliphatic rings. The van der Waals surface area contributed by atoms with Gasteiger partial charge in [-0.3, -0.25) is 0 Å². The molecular formula is C24H33N7O. The van der Waals surface area contributed by atoms with E-state index in [-0.39, 0.29) is 12.2 Å².